The predicted octanol–water partition coefficient (Wildman–Crippen LogP) is 6.29. The number of piperazine rings is 1. The lowest BCUT2D eigenvalue weighted by atomic mass is 9.99. The Morgan fingerprint density at radius 1 is 1.07 bits per heavy atom. The number of aromatic nitrogens is 2. The second-order valence-electron chi connectivity index (χ2n) is 10.4. The molecule has 0 spiro atoms. The first-order valence-corrected chi connectivity index (χ1v) is 13.9. The maximum absolute atomic E-state index is 13.9. The van der Waals surface area contributed by atoms with Gasteiger partial charge in [0.05, 0.1) is 11.2 Å². The van der Waals surface area contributed by atoms with Crippen molar-refractivity contribution < 1.29 is 4.79 Å². The molecule has 1 aromatic heterocycles. The van der Waals surface area contributed by atoms with E-state index in [2.05, 4.69) is 30.3 Å². The molecule has 2 N–H and O–H groups in total. The van der Waals surface area contributed by atoms with Crippen LogP contribution in [0.4, 0.5) is 11.5 Å². The second kappa shape index (κ2) is 11.0. The molecule has 2 heterocycles. The highest BCUT2D eigenvalue weighted by molar-refractivity contribution is 6.37. The molecule has 1 aliphatic heterocycles. The van der Waals surface area contributed by atoms with E-state index >= 15 is 0 Å². The number of nitrogens with two attached hydrogens (primary N) is 1. The summed E-state index contributed by atoms with van der Waals surface area (Å²) in [5.41, 5.74) is 10.0. The summed E-state index contributed by atoms with van der Waals surface area (Å²) < 4.78 is 1.65. The van der Waals surface area contributed by atoms with Gasteiger partial charge >= 0.3 is 5.69 Å². The van der Waals surface area contributed by atoms with Gasteiger partial charge in [0.15, 0.2) is 0 Å². The number of halogens is 2. The highest BCUT2D eigenvalue weighted by Crippen LogP contribution is 2.40. The van der Waals surface area contributed by atoms with Gasteiger partial charge in [0.2, 0.25) is 5.91 Å². The summed E-state index contributed by atoms with van der Waals surface area (Å²) >= 11 is 13.5. The van der Waals surface area contributed by atoms with Gasteiger partial charge in [0.1, 0.15) is 5.82 Å². The molecule has 1 saturated heterocycles. The molecule has 0 unspecified atom stereocenters. The van der Waals surface area contributed by atoms with Gasteiger partial charge in [-0.15, -0.1) is 0 Å². The lowest BCUT2D eigenvalue weighted by Crippen LogP contribution is -2.54. The number of para-hydroxylation sites is 1. The van der Waals surface area contributed by atoms with Crippen LogP contribution < -0.4 is 16.3 Å². The first kappa shape index (κ1) is 27.7. The van der Waals surface area contributed by atoms with Crippen LogP contribution >= 0.6 is 23.2 Å². The fraction of sp³-hybridized carbons (Fsp3) is 0.258. The molecule has 1 atom stereocenters. The molecule has 0 bridgehead atoms. The van der Waals surface area contributed by atoms with E-state index in [1.54, 1.807) is 27.7 Å². The third kappa shape index (κ3) is 4.95. The molecule has 1 amide bonds. The van der Waals surface area contributed by atoms with Crippen molar-refractivity contribution in [3.8, 4) is 16.8 Å². The van der Waals surface area contributed by atoms with Gasteiger partial charge in [-0.25, -0.2) is 4.79 Å². The topological polar surface area (TPSA) is 84.5 Å². The Hall–Kier alpha value is -3.81. The third-order valence-electron chi connectivity index (χ3n) is 7.43. The van der Waals surface area contributed by atoms with Crippen LogP contribution in [0, 0.1) is 0 Å². The minimum Gasteiger partial charge on any atom is -0.399 e. The molecule has 0 radical (unpaired) electrons. The number of hydrogen-bond donors (Lipinski definition) is 1. The van der Waals surface area contributed by atoms with Crippen molar-refractivity contribution in [1.82, 2.24) is 14.5 Å². The van der Waals surface area contributed by atoms with E-state index in [4.69, 9.17) is 28.9 Å². The molecule has 1 fully saturated rings. The summed E-state index contributed by atoms with van der Waals surface area (Å²) in [5, 5.41) is 1.68. The summed E-state index contributed by atoms with van der Waals surface area (Å²) in [4.78, 5) is 34.6. The number of amides is 1. The van der Waals surface area contributed by atoms with Crippen molar-refractivity contribution in [3.05, 3.63) is 93.3 Å². The van der Waals surface area contributed by atoms with Crippen LogP contribution in [0.5, 0.6) is 0 Å². The number of carbonyl (C=O) groups excluding carboxylic acids is 1. The predicted molar refractivity (Wildman–Crippen MR) is 165 cm³/mol. The van der Waals surface area contributed by atoms with E-state index in [-0.39, 0.29) is 17.9 Å². The molecule has 206 valence electrons. The van der Waals surface area contributed by atoms with Gasteiger partial charge in [-0.05, 0) is 60.9 Å². The van der Waals surface area contributed by atoms with E-state index in [1.807, 2.05) is 43.3 Å². The van der Waals surface area contributed by atoms with Crippen molar-refractivity contribution in [2.45, 2.75) is 32.7 Å². The average molecular weight is 577 g/mol. The molecule has 0 aliphatic carbocycles. The van der Waals surface area contributed by atoms with Crippen molar-refractivity contribution in [3.63, 3.8) is 0 Å². The largest absolute Gasteiger partial charge is 0.399 e. The minimum absolute atomic E-state index is 0.0895. The SMILES string of the molecule is C=CC(=O)N1CCN(c2nc(=O)n(-c3ccccc3C(C)C)c3cc(-c4cc(N)ccc4Cl)c(Cl)cc23)[C@@H](C)C1. The van der Waals surface area contributed by atoms with Crippen molar-refractivity contribution in [1.29, 1.82) is 0 Å². The van der Waals surface area contributed by atoms with E-state index < -0.39 is 5.69 Å². The number of carbonyl (C=O) groups is 1. The number of fused-ring (bicyclic) bond motifs is 1. The fourth-order valence-electron chi connectivity index (χ4n) is 5.42. The molecule has 40 heavy (non-hydrogen) atoms. The summed E-state index contributed by atoms with van der Waals surface area (Å²) in [6.45, 7) is 11.3. The lowest BCUT2D eigenvalue weighted by molar-refractivity contribution is -0.126. The Kier molecular flexibility index (Phi) is 7.62. The molecule has 3 aromatic carbocycles. The monoisotopic (exact) mass is 575 g/mol. The Morgan fingerprint density at radius 3 is 2.50 bits per heavy atom. The van der Waals surface area contributed by atoms with Gasteiger partial charge < -0.3 is 15.5 Å². The van der Waals surface area contributed by atoms with Crippen LogP contribution in [0.25, 0.3) is 27.7 Å². The number of nitrogen functional groups attached to an aromatic ring is 1. The zero-order valence-corrected chi connectivity index (χ0v) is 24.2. The van der Waals surface area contributed by atoms with Gasteiger partial charge in [0.25, 0.3) is 0 Å². The van der Waals surface area contributed by atoms with Crippen molar-refractivity contribution in [2.75, 3.05) is 30.3 Å². The quantitative estimate of drug-likeness (QED) is 0.223. The molecule has 5 rings (SSSR count). The molecule has 0 saturated carbocycles. The number of hydrogen-bond acceptors (Lipinski definition) is 5. The standard InChI is InChI=1S/C31H31Cl2N5O2/c1-5-29(39)36-12-13-37(19(4)17-36)30-24-15-26(33)23(22-14-20(34)10-11-25(22)32)16-28(24)38(31(40)35-30)27-9-7-6-8-21(27)18(2)3/h5-11,14-16,18-19H,1,12-13,17,34H2,2-4H3/t19-/m0/s1. The maximum Gasteiger partial charge on any atom is 0.354 e. The van der Waals surface area contributed by atoms with E-state index in [0.717, 1.165) is 16.6 Å². The molecule has 9 heteroatoms. The highest BCUT2D eigenvalue weighted by Gasteiger charge is 2.29. The fourth-order valence-corrected chi connectivity index (χ4v) is 5.90. The van der Waals surface area contributed by atoms with Crippen LogP contribution in [0.1, 0.15) is 32.3 Å². The van der Waals surface area contributed by atoms with Crippen molar-refractivity contribution >= 4 is 51.5 Å². The first-order valence-electron chi connectivity index (χ1n) is 13.2. The number of benzene rings is 3. The van der Waals surface area contributed by atoms with E-state index in [1.165, 1.54) is 6.08 Å². The summed E-state index contributed by atoms with van der Waals surface area (Å²) in [5.74, 6) is 0.587. The summed E-state index contributed by atoms with van der Waals surface area (Å²) in [7, 11) is 0. The number of nitrogens with zero attached hydrogens (tertiary/aromatic N) is 4. The zero-order valence-electron chi connectivity index (χ0n) is 22.7. The average Bonchev–Trinajstić information content (AvgIpc) is 2.93. The molecular formula is C31H31Cl2N5O2. The Balaban J connectivity index is 1.80. The minimum atomic E-state index is -0.403. The van der Waals surface area contributed by atoms with Crippen LogP contribution in [0.3, 0.4) is 0 Å². The Morgan fingerprint density at radius 2 is 1.80 bits per heavy atom. The van der Waals surface area contributed by atoms with Crippen LogP contribution in [0.2, 0.25) is 10.0 Å². The van der Waals surface area contributed by atoms with Gasteiger partial charge in [-0.3, -0.25) is 9.36 Å². The van der Waals surface area contributed by atoms with E-state index in [9.17, 15) is 9.59 Å². The lowest BCUT2D eigenvalue weighted by Gasteiger charge is -2.40. The molecule has 7 nitrogen and oxygen atoms in total. The van der Waals surface area contributed by atoms with Crippen LogP contribution in [0.15, 0.2) is 72.0 Å². The van der Waals surface area contributed by atoms with Gasteiger partial charge in [0, 0.05) is 57.9 Å². The van der Waals surface area contributed by atoms with E-state index in [0.29, 0.717) is 57.8 Å². The molecule has 4 aromatic rings. The zero-order chi connectivity index (χ0) is 28.7. The first-order chi connectivity index (χ1) is 19.1. The van der Waals surface area contributed by atoms with Crippen LogP contribution in [-0.4, -0.2) is 46.0 Å². The third-order valence-corrected chi connectivity index (χ3v) is 8.07. The van der Waals surface area contributed by atoms with Crippen molar-refractivity contribution in [2.24, 2.45) is 0 Å². The second-order valence-corrected chi connectivity index (χ2v) is 11.2. The summed E-state index contributed by atoms with van der Waals surface area (Å²) in [6.07, 6.45) is 1.33. The molecular weight excluding hydrogens is 545 g/mol. The Bertz CT molecular complexity index is 1700. The maximum atomic E-state index is 13.9. The molecule has 1 aliphatic rings. The van der Waals surface area contributed by atoms with Crippen LogP contribution in [-0.2, 0) is 4.79 Å². The van der Waals surface area contributed by atoms with Gasteiger partial charge in [-0.1, -0.05) is 61.8 Å². The summed E-state index contributed by atoms with van der Waals surface area (Å²) in [6, 6.07) is 16.7. The Labute approximate surface area is 243 Å². The number of rotatable bonds is 5. The smallest absolute Gasteiger partial charge is 0.354 e. The normalized spacial score (nSPS) is 15.6. The number of anilines is 2. The van der Waals surface area contributed by atoms with Gasteiger partial charge in [-0.2, -0.15) is 4.98 Å². The highest BCUT2D eigenvalue weighted by atomic mass is 35.5.